The van der Waals surface area contributed by atoms with Crippen LogP contribution in [-0.2, 0) is 17.8 Å². The number of hydrogen-bond acceptors (Lipinski definition) is 6. The van der Waals surface area contributed by atoms with E-state index in [0.29, 0.717) is 19.7 Å². The summed E-state index contributed by atoms with van der Waals surface area (Å²) in [7, 11) is 3.77. The number of aliphatic imine (C=N–C) groups is 1. The van der Waals surface area contributed by atoms with Crippen LogP contribution in [0.25, 0.3) is 5.65 Å². The lowest BCUT2D eigenvalue weighted by atomic mass is 10.2. The van der Waals surface area contributed by atoms with E-state index in [2.05, 4.69) is 38.8 Å². The summed E-state index contributed by atoms with van der Waals surface area (Å²) in [5.74, 6) is 2.41. The molecule has 2 aromatic heterocycles. The molecule has 10 heteroatoms. The van der Waals surface area contributed by atoms with Crippen molar-refractivity contribution in [2.45, 2.75) is 20.0 Å². The van der Waals surface area contributed by atoms with Gasteiger partial charge < -0.3 is 25.0 Å². The maximum absolute atomic E-state index is 5.91. The summed E-state index contributed by atoms with van der Waals surface area (Å²) in [5, 5.41) is 15.0. The molecule has 0 atom stereocenters. The van der Waals surface area contributed by atoms with Gasteiger partial charge in [-0.05, 0) is 43.8 Å². The van der Waals surface area contributed by atoms with Crippen molar-refractivity contribution in [1.82, 2.24) is 30.1 Å². The summed E-state index contributed by atoms with van der Waals surface area (Å²) < 4.78 is 13.0. The quantitative estimate of drug-likeness (QED) is 0.198. The molecule has 3 rings (SSSR count). The van der Waals surface area contributed by atoms with Gasteiger partial charge in [-0.2, -0.15) is 0 Å². The molecule has 2 heterocycles. The predicted octanol–water partition coefficient (Wildman–Crippen LogP) is 2.56. The number of methoxy groups -OCH3 is 1. The van der Waals surface area contributed by atoms with E-state index in [1.165, 1.54) is 0 Å². The molecule has 3 aromatic rings. The Hall–Kier alpha value is -2.44. The molecule has 0 aliphatic rings. The number of halogens is 1. The number of fused-ring (bicyclic) bond motifs is 1. The van der Waals surface area contributed by atoms with Crippen molar-refractivity contribution in [2.24, 2.45) is 4.99 Å². The fourth-order valence-corrected chi connectivity index (χ4v) is 3.10. The van der Waals surface area contributed by atoms with Gasteiger partial charge in [0.05, 0.1) is 19.7 Å². The molecule has 0 saturated heterocycles. The highest BCUT2D eigenvalue weighted by molar-refractivity contribution is 14.0. The number of pyridine rings is 1. The second kappa shape index (κ2) is 14.7. The number of likely N-dealkylation sites (N-methyl/N-ethyl adjacent to an activating group) is 1. The number of nitrogens with zero attached hydrogens (tertiary/aromatic N) is 5. The second-order valence-electron chi connectivity index (χ2n) is 7.39. The van der Waals surface area contributed by atoms with Crippen LogP contribution >= 0.6 is 24.0 Å². The van der Waals surface area contributed by atoms with Crippen LogP contribution in [-0.4, -0.2) is 72.5 Å². The van der Waals surface area contributed by atoms with Crippen LogP contribution in [0.5, 0.6) is 5.75 Å². The fourth-order valence-electron chi connectivity index (χ4n) is 3.10. The number of guanidine groups is 1. The molecule has 0 amide bonds. The van der Waals surface area contributed by atoms with E-state index in [0.717, 1.165) is 55.0 Å². The molecule has 0 aliphatic carbocycles. The largest absolute Gasteiger partial charge is 0.492 e. The van der Waals surface area contributed by atoms with Gasteiger partial charge in [0.1, 0.15) is 12.4 Å². The SMILES string of the molecule is CCNC(=NCc1cccc(OCCN(C)CCOC)c1)NCc1nnc2ccccn12.I. The first kappa shape index (κ1) is 26.8. The smallest absolute Gasteiger partial charge is 0.191 e. The molecular weight excluding hydrogens is 533 g/mol. The van der Waals surface area contributed by atoms with E-state index < -0.39 is 0 Å². The molecule has 9 nitrogen and oxygen atoms in total. The zero-order chi connectivity index (χ0) is 22.6. The molecule has 2 N–H and O–H groups in total. The van der Waals surface area contributed by atoms with Gasteiger partial charge in [-0.25, -0.2) is 4.99 Å². The third-order valence-corrected chi connectivity index (χ3v) is 4.88. The molecule has 0 bridgehead atoms. The molecule has 33 heavy (non-hydrogen) atoms. The van der Waals surface area contributed by atoms with Gasteiger partial charge in [-0.3, -0.25) is 4.40 Å². The number of rotatable bonds is 12. The van der Waals surface area contributed by atoms with Crippen molar-refractivity contribution in [1.29, 1.82) is 0 Å². The first-order valence-corrected chi connectivity index (χ1v) is 10.9. The van der Waals surface area contributed by atoms with Crippen LogP contribution in [0, 0.1) is 0 Å². The minimum absolute atomic E-state index is 0. The van der Waals surface area contributed by atoms with Gasteiger partial charge in [0.25, 0.3) is 0 Å². The fraction of sp³-hybridized carbons (Fsp3) is 0.435. The third-order valence-electron chi connectivity index (χ3n) is 4.88. The Labute approximate surface area is 212 Å². The average Bonchev–Trinajstić information content (AvgIpc) is 3.23. The monoisotopic (exact) mass is 567 g/mol. The Morgan fingerprint density at radius 3 is 2.76 bits per heavy atom. The first-order valence-electron chi connectivity index (χ1n) is 10.9. The topological polar surface area (TPSA) is 88.3 Å². The molecule has 0 spiro atoms. The minimum Gasteiger partial charge on any atom is -0.492 e. The standard InChI is InChI=1S/C23H33N7O2.HI/c1-4-24-23(26-18-22-28-27-21-10-5-6-11-30(21)22)25-17-19-8-7-9-20(16-19)32-15-13-29(2)12-14-31-3;/h5-11,16H,4,12-15,17-18H2,1-3H3,(H2,24,25,26);1H. The van der Waals surface area contributed by atoms with E-state index in [1.54, 1.807) is 7.11 Å². The molecule has 0 fully saturated rings. The zero-order valence-corrected chi connectivity index (χ0v) is 21.9. The highest BCUT2D eigenvalue weighted by Gasteiger charge is 2.06. The van der Waals surface area contributed by atoms with Crippen LogP contribution in [0.4, 0.5) is 0 Å². The Morgan fingerprint density at radius 1 is 1.09 bits per heavy atom. The summed E-state index contributed by atoms with van der Waals surface area (Å²) in [6.07, 6.45) is 1.96. The molecule has 0 saturated carbocycles. The summed E-state index contributed by atoms with van der Waals surface area (Å²) in [6, 6.07) is 13.9. The van der Waals surface area contributed by atoms with E-state index >= 15 is 0 Å². The van der Waals surface area contributed by atoms with Crippen molar-refractivity contribution in [2.75, 3.05) is 47.0 Å². The Kier molecular flexibility index (Phi) is 11.9. The molecule has 0 unspecified atom stereocenters. The second-order valence-corrected chi connectivity index (χ2v) is 7.39. The maximum atomic E-state index is 5.91. The number of ether oxygens (including phenoxy) is 2. The van der Waals surface area contributed by atoms with E-state index in [9.17, 15) is 0 Å². The molecular formula is C23H34IN7O2. The maximum Gasteiger partial charge on any atom is 0.191 e. The zero-order valence-electron chi connectivity index (χ0n) is 19.5. The molecule has 0 radical (unpaired) electrons. The van der Waals surface area contributed by atoms with Crippen molar-refractivity contribution in [3.05, 3.63) is 60.0 Å². The highest BCUT2D eigenvalue weighted by Crippen LogP contribution is 2.14. The lowest BCUT2D eigenvalue weighted by molar-refractivity contribution is 0.150. The number of aromatic nitrogens is 3. The van der Waals surface area contributed by atoms with Crippen molar-refractivity contribution < 1.29 is 9.47 Å². The van der Waals surface area contributed by atoms with Gasteiger partial charge in [0.2, 0.25) is 0 Å². The van der Waals surface area contributed by atoms with E-state index in [4.69, 9.17) is 14.5 Å². The lowest BCUT2D eigenvalue weighted by Crippen LogP contribution is -2.37. The lowest BCUT2D eigenvalue weighted by Gasteiger charge is -2.16. The van der Waals surface area contributed by atoms with Gasteiger partial charge in [-0.15, -0.1) is 34.2 Å². The van der Waals surface area contributed by atoms with Gasteiger partial charge in [0.15, 0.2) is 17.4 Å². The Bertz CT molecular complexity index is 996. The van der Waals surface area contributed by atoms with Crippen LogP contribution in [0.15, 0.2) is 53.7 Å². The normalized spacial score (nSPS) is 11.5. The number of benzene rings is 1. The molecule has 0 aliphatic heterocycles. The van der Waals surface area contributed by atoms with Crippen molar-refractivity contribution in [3.63, 3.8) is 0 Å². The minimum atomic E-state index is 0. The Morgan fingerprint density at radius 2 is 1.94 bits per heavy atom. The van der Waals surface area contributed by atoms with Gasteiger partial charge in [0, 0.05) is 32.9 Å². The number of hydrogen-bond donors (Lipinski definition) is 2. The van der Waals surface area contributed by atoms with Crippen LogP contribution < -0.4 is 15.4 Å². The van der Waals surface area contributed by atoms with Gasteiger partial charge >= 0.3 is 0 Å². The van der Waals surface area contributed by atoms with E-state index in [1.807, 2.05) is 53.9 Å². The predicted molar refractivity (Wildman–Crippen MR) is 141 cm³/mol. The molecule has 1 aromatic carbocycles. The Balaban J connectivity index is 0.00000385. The van der Waals surface area contributed by atoms with Crippen molar-refractivity contribution >= 4 is 35.6 Å². The number of nitrogens with one attached hydrogen (secondary N) is 2. The highest BCUT2D eigenvalue weighted by atomic mass is 127. The summed E-state index contributed by atoms with van der Waals surface area (Å²) >= 11 is 0. The van der Waals surface area contributed by atoms with E-state index in [-0.39, 0.29) is 24.0 Å². The summed E-state index contributed by atoms with van der Waals surface area (Å²) in [6.45, 7) is 6.96. The van der Waals surface area contributed by atoms with Gasteiger partial charge in [-0.1, -0.05) is 18.2 Å². The van der Waals surface area contributed by atoms with Crippen LogP contribution in [0.3, 0.4) is 0 Å². The van der Waals surface area contributed by atoms with Crippen LogP contribution in [0.1, 0.15) is 18.3 Å². The van der Waals surface area contributed by atoms with Crippen molar-refractivity contribution in [3.8, 4) is 5.75 Å². The first-order chi connectivity index (χ1) is 15.7. The summed E-state index contributed by atoms with van der Waals surface area (Å²) in [5.41, 5.74) is 1.91. The average molecular weight is 567 g/mol. The molecule has 180 valence electrons. The van der Waals surface area contributed by atoms with Crippen LogP contribution in [0.2, 0.25) is 0 Å². The third kappa shape index (κ3) is 8.78. The summed E-state index contributed by atoms with van der Waals surface area (Å²) in [4.78, 5) is 6.89.